The van der Waals surface area contributed by atoms with E-state index < -0.39 is 0 Å². The van der Waals surface area contributed by atoms with Crippen molar-refractivity contribution >= 4 is 5.91 Å². The van der Waals surface area contributed by atoms with E-state index in [1.165, 1.54) is 5.56 Å². The smallest absolute Gasteiger partial charge is 0.269 e. The van der Waals surface area contributed by atoms with Crippen molar-refractivity contribution in [1.29, 1.82) is 0 Å². The quantitative estimate of drug-likeness (QED) is 0.681. The number of rotatable bonds is 6. The second kappa shape index (κ2) is 6.78. The first-order valence-corrected chi connectivity index (χ1v) is 9.58. The first-order valence-electron chi connectivity index (χ1n) is 9.58. The average molecular weight is 379 g/mol. The molecule has 5 rings (SSSR count). The Kier molecular flexibility index (Phi) is 4.11. The topological polar surface area (TPSA) is 106 Å². The molecule has 144 valence electrons. The molecule has 1 aromatic carbocycles. The van der Waals surface area contributed by atoms with Crippen LogP contribution >= 0.6 is 0 Å². The van der Waals surface area contributed by atoms with Gasteiger partial charge in [-0.05, 0) is 49.4 Å². The van der Waals surface area contributed by atoms with Crippen LogP contribution in [-0.2, 0) is 19.3 Å². The monoisotopic (exact) mass is 379 g/mol. The van der Waals surface area contributed by atoms with E-state index in [4.69, 9.17) is 9.26 Å². The van der Waals surface area contributed by atoms with Crippen molar-refractivity contribution in [2.24, 2.45) is 0 Å². The largest absolute Gasteiger partial charge is 0.497 e. The second-order valence-corrected chi connectivity index (χ2v) is 7.28. The minimum Gasteiger partial charge on any atom is -0.497 e. The molecule has 0 aliphatic heterocycles. The van der Waals surface area contributed by atoms with Crippen molar-refractivity contribution in [1.82, 2.24) is 25.7 Å². The van der Waals surface area contributed by atoms with E-state index in [1.54, 1.807) is 7.11 Å². The number of ether oxygens (including phenoxy) is 1. The van der Waals surface area contributed by atoms with Crippen LogP contribution in [0.25, 0.3) is 11.3 Å². The molecule has 2 N–H and O–H groups in total. The zero-order chi connectivity index (χ0) is 19.1. The van der Waals surface area contributed by atoms with E-state index in [1.807, 2.05) is 18.2 Å². The molecule has 2 heterocycles. The van der Waals surface area contributed by atoms with Crippen LogP contribution in [0.3, 0.4) is 0 Å². The summed E-state index contributed by atoms with van der Waals surface area (Å²) in [4.78, 5) is 17.0. The number of nitrogens with zero attached hydrogens (tertiary/aromatic N) is 3. The summed E-state index contributed by atoms with van der Waals surface area (Å²) >= 11 is 0. The van der Waals surface area contributed by atoms with E-state index in [2.05, 4.69) is 25.7 Å². The van der Waals surface area contributed by atoms with E-state index >= 15 is 0 Å². The number of H-pyrrole nitrogens is 1. The van der Waals surface area contributed by atoms with Crippen molar-refractivity contribution in [3.8, 4) is 17.0 Å². The summed E-state index contributed by atoms with van der Waals surface area (Å²) < 4.78 is 10.5. The summed E-state index contributed by atoms with van der Waals surface area (Å²) in [5, 5.41) is 14.2. The van der Waals surface area contributed by atoms with Crippen LogP contribution in [0.5, 0.6) is 5.75 Å². The molecule has 1 amide bonds. The summed E-state index contributed by atoms with van der Waals surface area (Å²) in [6.45, 7) is 0.448. The lowest BCUT2D eigenvalue weighted by Crippen LogP contribution is -2.27. The number of methoxy groups -OCH3 is 1. The number of nitrogens with one attached hydrogen (secondary N) is 2. The number of benzene rings is 1. The molecule has 1 fully saturated rings. The van der Waals surface area contributed by atoms with Crippen LogP contribution < -0.4 is 10.1 Å². The molecule has 2 aromatic heterocycles. The van der Waals surface area contributed by atoms with Gasteiger partial charge in [-0.25, -0.2) is 0 Å². The first kappa shape index (κ1) is 17.0. The van der Waals surface area contributed by atoms with Gasteiger partial charge in [-0.3, -0.25) is 9.89 Å². The number of carbonyl (C=O) groups excluding carboxylic acids is 1. The third-order valence-corrected chi connectivity index (χ3v) is 5.35. The Balaban J connectivity index is 1.26. The Morgan fingerprint density at radius 2 is 2.25 bits per heavy atom. The number of hydrogen-bond acceptors (Lipinski definition) is 6. The standard InChI is InChI=1S/C20H21N5O3/c1-27-13-5-7-14-12(10-13)4-6-15-17(14)23-24-18(15)19(26)21-9-8-16-22-20(28-25-16)11-2-3-11/h5,7,10-11H,2-4,6,8-9H2,1H3,(H,21,26)(H,23,24). The fraction of sp³-hybridized carbons (Fsp3) is 0.400. The Morgan fingerprint density at radius 3 is 3.07 bits per heavy atom. The second-order valence-electron chi connectivity index (χ2n) is 7.28. The summed E-state index contributed by atoms with van der Waals surface area (Å²) in [6, 6.07) is 5.96. The van der Waals surface area contributed by atoms with Gasteiger partial charge in [-0.1, -0.05) is 5.16 Å². The highest BCUT2D eigenvalue weighted by molar-refractivity contribution is 5.96. The fourth-order valence-corrected chi connectivity index (χ4v) is 3.66. The van der Waals surface area contributed by atoms with Crippen molar-refractivity contribution in [3.05, 3.63) is 46.7 Å². The normalized spacial score (nSPS) is 15.0. The molecule has 0 atom stereocenters. The maximum absolute atomic E-state index is 12.6. The molecule has 3 aromatic rings. The molecule has 0 radical (unpaired) electrons. The lowest BCUT2D eigenvalue weighted by atomic mass is 9.89. The zero-order valence-corrected chi connectivity index (χ0v) is 15.6. The number of aromatic nitrogens is 4. The van der Waals surface area contributed by atoms with Gasteiger partial charge in [-0.2, -0.15) is 10.1 Å². The van der Waals surface area contributed by atoms with Crippen LogP contribution in [-0.4, -0.2) is 39.9 Å². The first-order chi connectivity index (χ1) is 13.7. The molecule has 8 nitrogen and oxygen atoms in total. The maximum Gasteiger partial charge on any atom is 0.269 e. The highest BCUT2D eigenvalue weighted by Crippen LogP contribution is 2.39. The lowest BCUT2D eigenvalue weighted by Gasteiger charge is -2.16. The molecule has 1 saturated carbocycles. The molecule has 0 spiro atoms. The summed E-state index contributed by atoms with van der Waals surface area (Å²) in [5.41, 5.74) is 4.58. The molecule has 2 aliphatic rings. The van der Waals surface area contributed by atoms with Gasteiger partial charge in [0, 0.05) is 30.0 Å². The Bertz CT molecular complexity index is 1030. The average Bonchev–Trinajstić information content (AvgIpc) is 3.30. The van der Waals surface area contributed by atoms with Crippen molar-refractivity contribution in [3.63, 3.8) is 0 Å². The maximum atomic E-state index is 12.6. The third kappa shape index (κ3) is 3.04. The highest BCUT2D eigenvalue weighted by atomic mass is 16.5. The molecule has 0 saturated heterocycles. The molecular formula is C20H21N5O3. The Morgan fingerprint density at radius 1 is 1.36 bits per heavy atom. The number of fused-ring (bicyclic) bond motifs is 3. The highest BCUT2D eigenvalue weighted by Gasteiger charge is 2.29. The van der Waals surface area contributed by atoms with Crippen LogP contribution in [0, 0.1) is 0 Å². The van der Waals surface area contributed by atoms with Crippen LogP contribution in [0.4, 0.5) is 0 Å². The van der Waals surface area contributed by atoms with Crippen molar-refractivity contribution in [2.45, 2.75) is 38.0 Å². The molecule has 0 bridgehead atoms. The third-order valence-electron chi connectivity index (χ3n) is 5.35. The van der Waals surface area contributed by atoms with Gasteiger partial charge in [0.2, 0.25) is 5.89 Å². The number of hydrogen-bond donors (Lipinski definition) is 2. The Labute approximate surface area is 161 Å². The zero-order valence-electron chi connectivity index (χ0n) is 15.6. The van der Waals surface area contributed by atoms with E-state index in [9.17, 15) is 4.79 Å². The fourth-order valence-electron chi connectivity index (χ4n) is 3.66. The van der Waals surface area contributed by atoms with Crippen LogP contribution in [0.1, 0.15) is 52.1 Å². The minimum atomic E-state index is -0.156. The van der Waals surface area contributed by atoms with Gasteiger partial charge in [0.05, 0.1) is 12.8 Å². The molecule has 2 aliphatic carbocycles. The Hall–Kier alpha value is -3.16. The number of amides is 1. The summed E-state index contributed by atoms with van der Waals surface area (Å²) in [5.74, 6) is 2.48. The van der Waals surface area contributed by atoms with Gasteiger partial charge in [0.15, 0.2) is 5.82 Å². The van der Waals surface area contributed by atoms with Crippen LogP contribution in [0.2, 0.25) is 0 Å². The van der Waals surface area contributed by atoms with Crippen molar-refractivity contribution in [2.75, 3.05) is 13.7 Å². The van der Waals surface area contributed by atoms with E-state index in [-0.39, 0.29) is 5.91 Å². The molecule has 0 unspecified atom stereocenters. The molecular weight excluding hydrogens is 358 g/mol. The van der Waals surface area contributed by atoms with Gasteiger partial charge >= 0.3 is 0 Å². The minimum absolute atomic E-state index is 0.156. The predicted molar refractivity (Wildman–Crippen MR) is 100 cm³/mol. The van der Waals surface area contributed by atoms with Crippen molar-refractivity contribution < 1.29 is 14.1 Å². The summed E-state index contributed by atoms with van der Waals surface area (Å²) in [6.07, 6.45) is 4.41. The molecule has 28 heavy (non-hydrogen) atoms. The SMILES string of the molecule is COc1ccc2c(c1)CCc1c-2n[nH]c1C(=O)NCCc1noc(C2CC2)n1. The van der Waals surface area contributed by atoms with E-state index in [0.29, 0.717) is 30.4 Å². The van der Waals surface area contributed by atoms with Gasteiger partial charge < -0.3 is 14.6 Å². The van der Waals surface area contributed by atoms with E-state index in [0.717, 1.165) is 54.1 Å². The van der Waals surface area contributed by atoms with Gasteiger partial charge in [-0.15, -0.1) is 0 Å². The number of aryl methyl sites for hydroxylation is 1. The number of aromatic amines is 1. The number of carbonyl (C=O) groups is 1. The van der Waals surface area contributed by atoms with Crippen LogP contribution in [0.15, 0.2) is 22.7 Å². The van der Waals surface area contributed by atoms with Gasteiger partial charge in [0.25, 0.3) is 5.91 Å². The summed E-state index contributed by atoms with van der Waals surface area (Å²) in [7, 11) is 1.66. The lowest BCUT2D eigenvalue weighted by molar-refractivity contribution is 0.0948. The van der Waals surface area contributed by atoms with Gasteiger partial charge in [0.1, 0.15) is 11.4 Å². The predicted octanol–water partition coefficient (Wildman–Crippen LogP) is 2.42. The molecule has 8 heteroatoms.